The number of hydrogen-bond acceptors (Lipinski definition) is 5. The van der Waals surface area contributed by atoms with Crippen LogP contribution in [0.3, 0.4) is 0 Å². The van der Waals surface area contributed by atoms with Crippen molar-refractivity contribution in [2.45, 2.75) is 23.9 Å². The van der Waals surface area contributed by atoms with Crippen molar-refractivity contribution in [3.05, 3.63) is 41.2 Å². The Bertz CT molecular complexity index is 642. The molecular weight excluding hydrogens is 276 g/mol. The molecule has 0 saturated carbocycles. The third kappa shape index (κ3) is 3.08. The molecule has 0 aromatic carbocycles. The molecule has 5 nitrogen and oxygen atoms in total. The van der Waals surface area contributed by atoms with Crippen molar-refractivity contribution in [2.24, 2.45) is 0 Å². The molecule has 0 aliphatic carbocycles. The number of carboxylic acid groups (broad SMARTS) is 1. The second-order valence-corrected chi connectivity index (χ2v) is 5.21. The van der Waals surface area contributed by atoms with E-state index in [0.717, 1.165) is 5.69 Å². The number of carbonyl (C=O) groups is 1. The van der Waals surface area contributed by atoms with Crippen LogP contribution in [0.2, 0.25) is 0 Å². The standard InChI is InChI=1S/C14H14N2O3S/c1-8-6-9(2)16-13(12(8)14(17)18)20-11-5-4-10(19-3)7-15-11/h4-7H,1-3H3,(H,17,18). The molecule has 0 aliphatic heterocycles. The molecule has 2 aromatic rings. The highest BCUT2D eigenvalue weighted by Crippen LogP contribution is 2.30. The molecule has 0 aliphatic rings. The molecule has 0 saturated heterocycles. The smallest absolute Gasteiger partial charge is 0.338 e. The first-order valence-electron chi connectivity index (χ1n) is 5.90. The number of aromatic carboxylic acids is 1. The second-order valence-electron chi connectivity index (χ2n) is 4.20. The average Bonchev–Trinajstić information content (AvgIpc) is 2.38. The van der Waals surface area contributed by atoms with Crippen molar-refractivity contribution in [1.29, 1.82) is 0 Å². The molecule has 0 fully saturated rings. The number of pyridine rings is 2. The minimum absolute atomic E-state index is 0.221. The number of rotatable bonds is 4. The van der Waals surface area contributed by atoms with Gasteiger partial charge in [-0.15, -0.1) is 0 Å². The molecule has 0 spiro atoms. The minimum Gasteiger partial charge on any atom is -0.495 e. The van der Waals surface area contributed by atoms with Crippen molar-refractivity contribution in [2.75, 3.05) is 7.11 Å². The quantitative estimate of drug-likeness (QED) is 0.933. The first-order valence-corrected chi connectivity index (χ1v) is 6.72. The zero-order valence-electron chi connectivity index (χ0n) is 11.4. The van der Waals surface area contributed by atoms with Gasteiger partial charge in [0.2, 0.25) is 0 Å². The summed E-state index contributed by atoms with van der Waals surface area (Å²) in [5.74, 6) is -0.327. The van der Waals surface area contributed by atoms with Gasteiger partial charge in [-0.3, -0.25) is 0 Å². The van der Waals surface area contributed by atoms with E-state index in [4.69, 9.17) is 4.74 Å². The summed E-state index contributed by atoms with van der Waals surface area (Å²) >= 11 is 1.23. The second kappa shape index (κ2) is 5.92. The third-order valence-corrected chi connectivity index (χ3v) is 3.61. The Morgan fingerprint density at radius 3 is 2.65 bits per heavy atom. The van der Waals surface area contributed by atoms with Crippen LogP contribution in [0.15, 0.2) is 34.4 Å². The van der Waals surface area contributed by atoms with Gasteiger partial charge in [-0.05, 0) is 49.4 Å². The first-order chi connectivity index (χ1) is 9.51. The first kappa shape index (κ1) is 14.3. The van der Waals surface area contributed by atoms with E-state index in [2.05, 4.69) is 9.97 Å². The molecule has 2 aromatic heterocycles. The third-order valence-electron chi connectivity index (χ3n) is 2.67. The van der Waals surface area contributed by atoms with Crippen molar-refractivity contribution >= 4 is 17.7 Å². The fourth-order valence-corrected chi connectivity index (χ4v) is 2.76. The summed E-state index contributed by atoms with van der Waals surface area (Å²) in [6, 6.07) is 5.31. The van der Waals surface area contributed by atoms with Crippen LogP contribution in [0.1, 0.15) is 21.6 Å². The van der Waals surface area contributed by atoms with Gasteiger partial charge < -0.3 is 9.84 Å². The zero-order valence-corrected chi connectivity index (χ0v) is 12.2. The van der Waals surface area contributed by atoms with Crippen molar-refractivity contribution in [3.63, 3.8) is 0 Å². The van der Waals surface area contributed by atoms with Crippen molar-refractivity contribution in [1.82, 2.24) is 9.97 Å². The average molecular weight is 290 g/mol. The highest BCUT2D eigenvalue weighted by atomic mass is 32.2. The number of aromatic nitrogens is 2. The maximum Gasteiger partial charge on any atom is 0.338 e. The molecule has 2 rings (SSSR count). The number of aryl methyl sites for hydroxylation is 2. The van der Waals surface area contributed by atoms with Gasteiger partial charge in [0.1, 0.15) is 15.8 Å². The summed E-state index contributed by atoms with van der Waals surface area (Å²) in [7, 11) is 1.57. The van der Waals surface area contributed by atoms with E-state index < -0.39 is 5.97 Å². The van der Waals surface area contributed by atoms with E-state index in [1.165, 1.54) is 11.8 Å². The predicted molar refractivity (Wildman–Crippen MR) is 75.6 cm³/mol. The van der Waals surface area contributed by atoms with Crippen LogP contribution in [0.5, 0.6) is 5.75 Å². The number of hydrogen-bond donors (Lipinski definition) is 1. The molecule has 0 amide bonds. The highest BCUT2D eigenvalue weighted by Gasteiger charge is 2.17. The van der Waals surface area contributed by atoms with Crippen LogP contribution in [0, 0.1) is 13.8 Å². The Labute approximate surface area is 121 Å². The summed E-state index contributed by atoms with van der Waals surface area (Å²) in [5, 5.41) is 10.4. The topological polar surface area (TPSA) is 72.3 Å². The zero-order chi connectivity index (χ0) is 14.7. The molecule has 1 N–H and O–H groups in total. The minimum atomic E-state index is -0.981. The maximum absolute atomic E-state index is 11.4. The fraction of sp³-hybridized carbons (Fsp3) is 0.214. The molecule has 0 radical (unpaired) electrons. The van der Waals surface area contributed by atoms with E-state index in [1.807, 2.05) is 6.92 Å². The lowest BCUT2D eigenvalue weighted by Crippen LogP contribution is -2.05. The Morgan fingerprint density at radius 2 is 2.10 bits per heavy atom. The monoisotopic (exact) mass is 290 g/mol. The molecular formula is C14H14N2O3S. The Hall–Kier alpha value is -2.08. The number of methoxy groups -OCH3 is 1. The predicted octanol–water partition coefficient (Wildman–Crippen LogP) is 2.95. The van der Waals surface area contributed by atoms with E-state index in [9.17, 15) is 9.90 Å². The normalized spacial score (nSPS) is 10.3. The largest absolute Gasteiger partial charge is 0.495 e. The van der Waals surface area contributed by atoms with Crippen LogP contribution < -0.4 is 4.74 Å². The van der Waals surface area contributed by atoms with Gasteiger partial charge in [0, 0.05) is 5.69 Å². The Kier molecular flexibility index (Phi) is 4.24. The summed E-state index contributed by atoms with van der Waals surface area (Å²) < 4.78 is 5.04. The van der Waals surface area contributed by atoms with E-state index in [-0.39, 0.29) is 5.56 Å². The molecule has 2 heterocycles. The Balaban J connectivity index is 2.39. The molecule has 20 heavy (non-hydrogen) atoms. The van der Waals surface area contributed by atoms with Crippen LogP contribution >= 0.6 is 11.8 Å². The lowest BCUT2D eigenvalue weighted by molar-refractivity contribution is 0.0691. The Morgan fingerprint density at radius 1 is 1.35 bits per heavy atom. The van der Waals surface area contributed by atoms with E-state index in [1.54, 1.807) is 38.4 Å². The van der Waals surface area contributed by atoms with Gasteiger partial charge in [-0.2, -0.15) is 0 Å². The van der Waals surface area contributed by atoms with Gasteiger partial charge in [0.25, 0.3) is 0 Å². The lowest BCUT2D eigenvalue weighted by atomic mass is 10.1. The SMILES string of the molecule is COc1ccc(Sc2nc(C)cc(C)c2C(=O)O)nc1. The van der Waals surface area contributed by atoms with Crippen LogP contribution in [0.25, 0.3) is 0 Å². The van der Waals surface area contributed by atoms with Gasteiger partial charge in [-0.1, -0.05) is 0 Å². The molecule has 6 heteroatoms. The molecule has 0 unspecified atom stereocenters. The molecule has 104 valence electrons. The summed E-state index contributed by atoms with van der Waals surface area (Å²) in [4.78, 5) is 19.9. The van der Waals surface area contributed by atoms with Gasteiger partial charge >= 0.3 is 5.97 Å². The van der Waals surface area contributed by atoms with Crippen molar-refractivity contribution in [3.8, 4) is 5.75 Å². The molecule has 0 bridgehead atoms. The van der Waals surface area contributed by atoms with Gasteiger partial charge in [-0.25, -0.2) is 14.8 Å². The summed E-state index contributed by atoms with van der Waals surface area (Å²) in [6.45, 7) is 3.60. The number of carboxylic acids is 1. The van der Waals surface area contributed by atoms with Crippen LogP contribution in [-0.4, -0.2) is 28.2 Å². The highest BCUT2D eigenvalue weighted by molar-refractivity contribution is 7.99. The summed E-state index contributed by atoms with van der Waals surface area (Å²) in [5.41, 5.74) is 1.70. The van der Waals surface area contributed by atoms with Gasteiger partial charge in [0.15, 0.2) is 0 Å². The van der Waals surface area contributed by atoms with Gasteiger partial charge in [0.05, 0.1) is 18.9 Å². The van der Waals surface area contributed by atoms with Crippen molar-refractivity contribution < 1.29 is 14.6 Å². The fourth-order valence-electron chi connectivity index (χ4n) is 1.78. The summed E-state index contributed by atoms with van der Waals surface area (Å²) in [6.07, 6.45) is 1.59. The van der Waals surface area contributed by atoms with E-state index in [0.29, 0.717) is 21.4 Å². The van der Waals surface area contributed by atoms with Crippen LogP contribution in [-0.2, 0) is 0 Å². The van der Waals surface area contributed by atoms with Crippen LogP contribution in [0.4, 0.5) is 0 Å². The lowest BCUT2D eigenvalue weighted by Gasteiger charge is -2.09. The maximum atomic E-state index is 11.4. The molecule has 0 atom stereocenters. The number of ether oxygens (including phenoxy) is 1. The van der Waals surface area contributed by atoms with E-state index >= 15 is 0 Å². The number of nitrogens with zero attached hydrogens (tertiary/aromatic N) is 2.